The quantitative estimate of drug-likeness (QED) is 0.866. The van der Waals surface area contributed by atoms with Gasteiger partial charge in [-0.25, -0.2) is 0 Å². The molecule has 1 saturated heterocycles. The minimum absolute atomic E-state index is 0.346. The fraction of sp³-hybridized carbons (Fsp3) is 0.700. The van der Waals surface area contributed by atoms with Gasteiger partial charge in [0.2, 0.25) is 0 Å². The van der Waals surface area contributed by atoms with Gasteiger partial charge in [0.1, 0.15) is 18.0 Å². The molecule has 2 aliphatic rings. The van der Waals surface area contributed by atoms with Crippen LogP contribution in [0.1, 0.15) is 52.4 Å². The highest BCUT2D eigenvalue weighted by Gasteiger charge is 2.37. The van der Waals surface area contributed by atoms with E-state index in [0.29, 0.717) is 23.1 Å². The van der Waals surface area contributed by atoms with E-state index in [1.54, 1.807) is 6.07 Å². The zero-order chi connectivity index (χ0) is 17.2. The van der Waals surface area contributed by atoms with Gasteiger partial charge in [0.15, 0.2) is 0 Å². The van der Waals surface area contributed by atoms with Crippen molar-refractivity contribution in [3.05, 3.63) is 29.3 Å². The SMILES string of the molecule is CC1(C)CCC(N2CCC(O)(COc3cccc(Cl)c3)CC2)CC1. The Kier molecular flexibility index (Phi) is 5.43. The Morgan fingerprint density at radius 2 is 1.83 bits per heavy atom. The topological polar surface area (TPSA) is 32.7 Å². The zero-order valence-corrected chi connectivity index (χ0v) is 15.7. The molecule has 0 aromatic heterocycles. The van der Waals surface area contributed by atoms with E-state index in [1.807, 2.05) is 18.2 Å². The summed E-state index contributed by atoms with van der Waals surface area (Å²) in [6.45, 7) is 7.05. The number of halogens is 1. The molecule has 2 fully saturated rings. The number of hydrogen-bond donors (Lipinski definition) is 1. The number of piperidine rings is 1. The molecule has 1 heterocycles. The van der Waals surface area contributed by atoms with Gasteiger partial charge in [-0.05, 0) is 62.1 Å². The number of ether oxygens (including phenoxy) is 1. The summed E-state index contributed by atoms with van der Waals surface area (Å²) in [5, 5.41) is 11.5. The third kappa shape index (κ3) is 4.65. The van der Waals surface area contributed by atoms with Crippen LogP contribution in [0.15, 0.2) is 24.3 Å². The number of likely N-dealkylation sites (tertiary alicyclic amines) is 1. The van der Waals surface area contributed by atoms with E-state index in [0.717, 1.165) is 31.7 Å². The van der Waals surface area contributed by atoms with Gasteiger partial charge in [-0.3, -0.25) is 0 Å². The van der Waals surface area contributed by atoms with E-state index in [2.05, 4.69) is 18.7 Å². The highest BCUT2D eigenvalue weighted by Crippen LogP contribution is 2.38. The Balaban J connectivity index is 1.47. The molecule has 3 nitrogen and oxygen atoms in total. The summed E-state index contributed by atoms with van der Waals surface area (Å²) in [5.41, 5.74) is -0.204. The van der Waals surface area contributed by atoms with Crippen molar-refractivity contribution >= 4 is 11.6 Å². The first kappa shape index (κ1) is 18.0. The lowest BCUT2D eigenvalue weighted by Crippen LogP contribution is -2.51. The highest BCUT2D eigenvalue weighted by molar-refractivity contribution is 6.30. The average molecular weight is 352 g/mol. The Bertz CT molecular complexity index is 542. The summed E-state index contributed by atoms with van der Waals surface area (Å²) in [6, 6.07) is 8.08. The molecule has 1 saturated carbocycles. The lowest BCUT2D eigenvalue weighted by Gasteiger charge is -2.45. The number of rotatable bonds is 4. The lowest BCUT2D eigenvalue weighted by atomic mass is 9.75. The molecule has 0 atom stereocenters. The first-order valence-electron chi connectivity index (χ1n) is 9.20. The molecule has 0 radical (unpaired) electrons. The molecule has 3 rings (SSSR count). The maximum atomic E-state index is 10.8. The molecule has 24 heavy (non-hydrogen) atoms. The van der Waals surface area contributed by atoms with E-state index < -0.39 is 5.60 Å². The molecular weight excluding hydrogens is 322 g/mol. The molecule has 134 valence electrons. The minimum atomic E-state index is -0.716. The van der Waals surface area contributed by atoms with Crippen LogP contribution in [-0.4, -0.2) is 41.3 Å². The van der Waals surface area contributed by atoms with Crippen molar-refractivity contribution in [1.82, 2.24) is 4.90 Å². The molecule has 1 aliphatic carbocycles. The molecular formula is C20H30ClNO2. The first-order chi connectivity index (χ1) is 11.4. The molecule has 1 aliphatic heterocycles. The normalized spacial score (nSPS) is 24.7. The largest absolute Gasteiger partial charge is 0.491 e. The number of nitrogens with zero attached hydrogens (tertiary/aromatic N) is 1. The van der Waals surface area contributed by atoms with E-state index in [-0.39, 0.29) is 0 Å². The second-order valence-corrected chi connectivity index (χ2v) is 8.84. The molecule has 1 aromatic carbocycles. The van der Waals surface area contributed by atoms with Crippen molar-refractivity contribution in [2.45, 2.75) is 64.0 Å². The summed E-state index contributed by atoms with van der Waals surface area (Å²) >= 11 is 5.98. The Morgan fingerprint density at radius 3 is 2.46 bits per heavy atom. The predicted molar refractivity (Wildman–Crippen MR) is 98.7 cm³/mol. The van der Waals surface area contributed by atoms with Crippen molar-refractivity contribution in [2.24, 2.45) is 5.41 Å². The molecule has 0 bridgehead atoms. The van der Waals surface area contributed by atoms with Gasteiger partial charge in [-0.2, -0.15) is 0 Å². The van der Waals surface area contributed by atoms with Crippen molar-refractivity contribution < 1.29 is 9.84 Å². The van der Waals surface area contributed by atoms with Crippen LogP contribution < -0.4 is 4.74 Å². The van der Waals surface area contributed by atoms with Gasteiger partial charge in [-0.15, -0.1) is 0 Å². The summed E-state index contributed by atoms with van der Waals surface area (Å²) in [6.07, 6.45) is 6.79. The van der Waals surface area contributed by atoms with Gasteiger partial charge in [0.25, 0.3) is 0 Å². The van der Waals surface area contributed by atoms with Crippen molar-refractivity contribution in [1.29, 1.82) is 0 Å². The van der Waals surface area contributed by atoms with Crippen LogP contribution in [0, 0.1) is 5.41 Å². The number of hydrogen-bond acceptors (Lipinski definition) is 3. The van der Waals surface area contributed by atoms with Crippen LogP contribution in [-0.2, 0) is 0 Å². The van der Waals surface area contributed by atoms with Crippen LogP contribution in [0.25, 0.3) is 0 Å². The lowest BCUT2D eigenvalue weighted by molar-refractivity contribution is -0.0641. The van der Waals surface area contributed by atoms with Crippen LogP contribution in [0.4, 0.5) is 0 Å². The third-order valence-corrected chi connectivity index (χ3v) is 6.09. The Hall–Kier alpha value is -0.770. The maximum absolute atomic E-state index is 10.8. The average Bonchev–Trinajstić information content (AvgIpc) is 2.54. The highest BCUT2D eigenvalue weighted by atomic mass is 35.5. The smallest absolute Gasteiger partial charge is 0.120 e. The van der Waals surface area contributed by atoms with E-state index in [4.69, 9.17) is 16.3 Å². The van der Waals surface area contributed by atoms with Crippen LogP contribution in [0.5, 0.6) is 5.75 Å². The predicted octanol–water partition coefficient (Wildman–Crippen LogP) is 4.51. The first-order valence-corrected chi connectivity index (χ1v) is 9.58. The van der Waals surface area contributed by atoms with Gasteiger partial charge in [-0.1, -0.05) is 31.5 Å². The number of aliphatic hydroxyl groups is 1. The standard InChI is InChI=1S/C20H30ClNO2/c1-19(2)8-6-17(7-9-19)22-12-10-20(23,11-13-22)15-24-18-5-3-4-16(21)14-18/h3-5,14,17,23H,6-13,15H2,1-2H3. The van der Waals surface area contributed by atoms with E-state index in [1.165, 1.54) is 25.7 Å². The molecule has 0 amide bonds. The van der Waals surface area contributed by atoms with Gasteiger partial charge < -0.3 is 14.7 Å². The second-order valence-electron chi connectivity index (χ2n) is 8.40. The summed E-state index contributed by atoms with van der Waals surface area (Å²) in [7, 11) is 0. The molecule has 1 aromatic rings. The monoisotopic (exact) mass is 351 g/mol. The minimum Gasteiger partial charge on any atom is -0.491 e. The van der Waals surface area contributed by atoms with Gasteiger partial charge in [0.05, 0.1) is 0 Å². The zero-order valence-electron chi connectivity index (χ0n) is 14.9. The molecule has 0 unspecified atom stereocenters. The van der Waals surface area contributed by atoms with Crippen LogP contribution in [0.2, 0.25) is 5.02 Å². The molecule has 1 N–H and O–H groups in total. The molecule has 4 heteroatoms. The van der Waals surface area contributed by atoms with Crippen molar-refractivity contribution in [3.63, 3.8) is 0 Å². The third-order valence-electron chi connectivity index (χ3n) is 5.86. The summed E-state index contributed by atoms with van der Waals surface area (Å²) < 4.78 is 5.78. The maximum Gasteiger partial charge on any atom is 0.120 e. The van der Waals surface area contributed by atoms with Gasteiger partial charge >= 0.3 is 0 Å². The Morgan fingerprint density at radius 1 is 1.17 bits per heavy atom. The van der Waals surface area contributed by atoms with Crippen LogP contribution in [0.3, 0.4) is 0 Å². The molecule has 0 spiro atoms. The van der Waals surface area contributed by atoms with E-state index in [9.17, 15) is 5.11 Å². The fourth-order valence-electron chi connectivity index (χ4n) is 3.97. The fourth-order valence-corrected chi connectivity index (χ4v) is 4.15. The summed E-state index contributed by atoms with van der Waals surface area (Å²) in [4.78, 5) is 2.59. The number of benzene rings is 1. The van der Waals surface area contributed by atoms with Gasteiger partial charge in [0, 0.05) is 24.2 Å². The second kappa shape index (κ2) is 7.23. The van der Waals surface area contributed by atoms with Crippen molar-refractivity contribution in [2.75, 3.05) is 19.7 Å². The van der Waals surface area contributed by atoms with E-state index >= 15 is 0 Å². The van der Waals surface area contributed by atoms with Crippen molar-refractivity contribution in [3.8, 4) is 5.75 Å². The summed E-state index contributed by atoms with van der Waals surface area (Å²) in [5.74, 6) is 0.730. The Labute approximate surface area is 150 Å². The van der Waals surface area contributed by atoms with Crippen LogP contribution >= 0.6 is 11.6 Å².